The van der Waals surface area contributed by atoms with Crippen molar-refractivity contribution in [3.05, 3.63) is 53.5 Å². The first-order valence-electron chi connectivity index (χ1n) is 7.88. The van der Waals surface area contributed by atoms with Gasteiger partial charge in [0.05, 0.1) is 17.0 Å². The molecule has 11 heteroatoms. The topological polar surface area (TPSA) is 74.1 Å². The van der Waals surface area contributed by atoms with Gasteiger partial charge in [-0.1, -0.05) is 6.92 Å². The summed E-state index contributed by atoms with van der Waals surface area (Å²) >= 11 is 3.22. The van der Waals surface area contributed by atoms with E-state index in [1.54, 1.807) is 10.8 Å². The smallest absolute Gasteiger partial charge is 0.406 e. The Kier molecular flexibility index (Phi) is 5.48. The van der Waals surface area contributed by atoms with Crippen LogP contribution in [0.4, 0.5) is 13.2 Å². The van der Waals surface area contributed by atoms with Gasteiger partial charge in [-0.3, -0.25) is 4.98 Å². The number of rotatable bonds is 5. The average Bonchev–Trinajstić information content (AvgIpc) is 3.11. The second kappa shape index (κ2) is 7.55. The van der Waals surface area contributed by atoms with Crippen molar-refractivity contribution in [2.24, 2.45) is 0 Å². The molecule has 0 aliphatic heterocycles. The van der Waals surface area contributed by atoms with Crippen LogP contribution in [0.3, 0.4) is 0 Å². The van der Waals surface area contributed by atoms with Gasteiger partial charge < -0.3 is 9.30 Å². The predicted molar refractivity (Wildman–Crippen MR) is 98.9 cm³/mol. The maximum Gasteiger partial charge on any atom is 0.573 e. The summed E-state index contributed by atoms with van der Waals surface area (Å²) in [5, 5.41) is 0. The Morgan fingerprint density at radius 3 is 2.46 bits per heavy atom. The third-order valence-corrected chi connectivity index (χ3v) is 5.90. The monoisotopic (exact) mass is 475 g/mol. The van der Waals surface area contributed by atoms with Gasteiger partial charge in [0.15, 0.2) is 9.84 Å². The standard InChI is InChI=1S/C17H13BrF3N3O3S/c1-2-28(25,26)15-7-11(18)8-22-16(15)14-9-24(10-23-14)12-3-5-13(6-4-12)27-17(19,20)21/h3-10H,2H2,1H3. The Labute approximate surface area is 167 Å². The van der Waals surface area contributed by atoms with Crippen LogP contribution in [0.25, 0.3) is 17.1 Å². The number of hydrogen-bond acceptors (Lipinski definition) is 5. The summed E-state index contributed by atoms with van der Waals surface area (Å²) in [7, 11) is -3.54. The average molecular weight is 476 g/mol. The highest BCUT2D eigenvalue weighted by molar-refractivity contribution is 9.10. The van der Waals surface area contributed by atoms with E-state index in [-0.39, 0.29) is 22.1 Å². The van der Waals surface area contributed by atoms with E-state index in [1.807, 2.05) is 0 Å². The quantitative estimate of drug-likeness (QED) is 0.546. The first-order valence-corrected chi connectivity index (χ1v) is 10.3. The molecule has 0 saturated carbocycles. The van der Waals surface area contributed by atoms with Gasteiger partial charge in [-0.15, -0.1) is 13.2 Å². The molecule has 0 bridgehead atoms. The lowest BCUT2D eigenvalue weighted by Gasteiger charge is -2.09. The summed E-state index contributed by atoms with van der Waals surface area (Å²) in [5.74, 6) is -0.443. The van der Waals surface area contributed by atoms with Crippen LogP contribution in [-0.2, 0) is 9.84 Å². The lowest BCUT2D eigenvalue weighted by molar-refractivity contribution is -0.274. The molecule has 0 fully saturated rings. The zero-order valence-electron chi connectivity index (χ0n) is 14.3. The summed E-state index contributed by atoms with van der Waals surface area (Å²) in [6.07, 6.45) is -0.337. The van der Waals surface area contributed by atoms with Crippen LogP contribution in [0.2, 0.25) is 0 Å². The van der Waals surface area contributed by atoms with Crippen molar-refractivity contribution >= 4 is 25.8 Å². The first kappa shape index (κ1) is 20.3. The van der Waals surface area contributed by atoms with E-state index in [0.717, 1.165) is 0 Å². The Hall–Kier alpha value is -2.40. The van der Waals surface area contributed by atoms with Crippen molar-refractivity contribution in [1.82, 2.24) is 14.5 Å². The van der Waals surface area contributed by atoms with Crippen LogP contribution in [0.5, 0.6) is 5.75 Å². The largest absolute Gasteiger partial charge is 0.573 e. The zero-order chi connectivity index (χ0) is 20.5. The number of alkyl halides is 3. The van der Waals surface area contributed by atoms with Gasteiger partial charge >= 0.3 is 6.36 Å². The molecule has 2 heterocycles. The van der Waals surface area contributed by atoms with Crippen LogP contribution in [0.15, 0.2) is 58.4 Å². The lowest BCUT2D eigenvalue weighted by atomic mass is 10.3. The zero-order valence-corrected chi connectivity index (χ0v) is 16.7. The van der Waals surface area contributed by atoms with Crippen molar-refractivity contribution < 1.29 is 26.3 Å². The van der Waals surface area contributed by atoms with Crippen LogP contribution < -0.4 is 4.74 Å². The van der Waals surface area contributed by atoms with Gasteiger partial charge in [0.2, 0.25) is 0 Å². The van der Waals surface area contributed by atoms with Crippen LogP contribution >= 0.6 is 15.9 Å². The molecule has 28 heavy (non-hydrogen) atoms. The number of imidazole rings is 1. The normalized spacial score (nSPS) is 12.2. The Morgan fingerprint density at radius 2 is 1.86 bits per heavy atom. The second-order valence-electron chi connectivity index (χ2n) is 5.61. The second-order valence-corrected chi connectivity index (χ2v) is 8.77. The van der Waals surface area contributed by atoms with Gasteiger partial charge in [-0.25, -0.2) is 13.4 Å². The predicted octanol–water partition coefficient (Wildman–Crippen LogP) is 4.39. The van der Waals surface area contributed by atoms with Crippen LogP contribution in [0.1, 0.15) is 6.92 Å². The molecular weight excluding hydrogens is 463 g/mol. The van der Waals surface area contributed by atoms with Crippen molar-refractivity contribution in [1.29, 1.82) is 0 Å². The van der Waals surface area contributed by atoms with Crippen LogP contribution in [0, 0.1) is 0 Å². The fourth-order valence-electron chi connectivity index (χ4n) is 2.41. The third-order valence-electron chi connectivity index (χ3n) is 3.73. The van der Waals surface area contributed by atoms with Gasteiger partial charge in [0.25, 0.3) is 0 Å². The Bertz CT molecular complexity index is 1100. The number of sulfone groups is 1. The minimum Gasteiger partial charge on any atom is -0.406 e. The molecule has 3 aromatic rings. The highest BCUT2D eigenvalue weighted by atomic mass is 79.9. The number of aromatic nitrogens is 3. The van der Waals surface area contributed by atoms with Crippen molar-refractivity contribution in [3.63, 3.8) is 0 Å². The van der Waals surface area contributed by atoms with Gasteiger partial charge in [0, 0.05) is 22.6 Å². The molecular formula is C17H13BrF3N3O3S. The number of pyridine rings is 1. The minimum atomic E-state index is -4.77. The van der Waals surface area contributed by atoms with Gasteiger partial charge in [0.1, 0.15) is 17.1 Å². The van der Waals surface area contributed by atoms with Gasteiger partial charge in [-0.05, 0) is 46.3 Å². The molecule has 0 unspecified atom stereocenters. The molecule has 0 aliphatic rings. The number of halogens is 4. The van der Waals surface area contributed by atoms with E-state index in [1.165, 1.54) is 49.8 Å². The van der Waals surface area contributed by atoms with Gasteiger partial charge in [-0.2, -0.15) is 0 Å². The van der Waals surface area contributed by atoms with Crippen LogP contribution in [-0.4, -0.2) is 35.1 Å². The number of ether oxygens (including phenoxy) is 1. The fourth-order valence-corrected chi connectivity index (χ4v) is 3.96. The van der Waals surface area contributed by atoms with Crippen molar-refractivity contribution in [2.75, 3.05) is 5.75 Å². The SMILES string of the molecule is CCS(=O)(=O)c1cc(Br)cnc1-c1cn(-c2ccc(OC(F)(F)F)cc2)cn1. The molecule has 1 aromatic carbocycles. The van der Waals surface area contributed by atoms with Crippen molar-refractivity contribution in [3.8, 4) is 22.8 Å². The van der Waals surface area contributed by atoms with Crippen molar-refractivity contribution in [2.45, 2.75) is 18.2 Å². The van der Waals surface area contributed by atoms with E-state index in [2.05, 4.69) is 30.6 Å². The Morgan fingerprint density at radius 1 is 1.18 bits per heavy atom. The lowest BCUT2D eigenvalue weighted by Crippen LogP contribution is -2.17. The molecule has 148 valence electrons. The summed E-state index contributed by atoms with van der Waals surface area (Å²) < 4.78 is 67.4. The number of hydrogen-bond donors (Lipinski definition) is 0. The maximum absolute atomic E-state index is 12.4. The molecule has 0 radical (unpaired) electrons. The Balaban J connectivity index is 1.95. The molecule has 0 amide bonds. The van der Waals surface area contributed by atoms with E-state index in [9.17, 15) is 21.6 Å². The number of benzene rings is 1. The molecule has 2 aromatic heterocycles. The van der Waals surface area contributed by atoms with E-state index < -0.39 is 16.2 Å². The molecule has 0 spiro atoms. The summed E-state index contributed by atoms with van der Waals surface area (Å²) in [5.41, 5.74) is 1.03. The molecule has 6 nitrogen and oxygen atoms in total. The number of nitrogens with zero attached hydrogens (tertiary/aromatic N) is 3. The minimum absolute atomic E-state index is 0.0450. The highest BCUT2D eigenvalue weighted by Crippen LogP contribution is 2.29. The first-order chi connectivity index (χ1) is 13.1. The maximum atomic E-state index is 12.4. The summed E-state index contributed by atoms with van der Waals surface area (Å²) in [6, 6.07) is 6.65. The fraction of sp³-hybridized carbons (Fsp3) is 0.176. The highest BCUT2D eigenvalue weighted by Gasteiger charge is 2.31. The molecule has 3 rings (SSSR count). The van der Waals surface area contributed by atoms with E-state index >= 15 is 0 Å². The summed E-state index contributed by atoms with van der Waals surface area (Å²) in [4.78, 5) is 8.41. The van der Waals surface area contributed by atoms with E-state index in [4.69, 9.17) is 0 Å². The summed E-state index contributed by atoms with van der Waals surface area (Å²) in [6.45, 7) is 1.53. The third kappa shape index (κ3) is 4.53. The molecule has 0 aliphatic carbocycles. The molecule has 0 N–H and O–H groups in total. The molecule has 0 atom stereocenters. The molecule has 0 saturated heterocycles. The van der Waals surface area contributed by atoms with E-state index in [0.29, 0.717) is 15.9 Å².